The number of hydrogen-bond acceptors (Lipinski definition) is 5. The van der Waals surface area contributed by atoms with Crippen LogP contribution in [0, 0.1) is 6.92 Å². The van der Waals surface area contributed by atoms with Crippen molar-refractivity contribution in [2.24, 2.45) is 0 Å². The van der Waals surface area contributed by atoms with Crippen molar-refractivity contribution in [3.63, 3.8) is 0 Å². The summed E-state index contributed by atoms with van der Waals surface area (Å²) in [5.74, 6) is -0.799. The summed E-state index contributed by atoms with van der Waals surface area (Å²) in [6, 6.07) is 12.6. The summed E-state index contributed by atoms with van der Waals surface area (Å²) >= 11 is 0. The molecule has 0 saturated heterocycles. The quantitative estimate of drug-likeness (QED) is 0.424. The maximum Gasteiger partial charge on any atom is 0.338 e. The molecule has 2 aromatic carbocycles. The highest BCUT2D eigenvalue weighted by Gasteiger charge is 2.25. The van der Waals surface area contributed by atoms with Gasteiger partial charge in [-0.05, 0) is 45.0 Å². The maximum atomic E-state index is 12.9. The van der Waals surface area contributed by atoms with Crippen molar-refractivity contribution in [2.45, 2.75) is 33.4 Å². The lowest BCUT2D eigenvalue weighted by atomic mass is 10.0. The predicted octanol–water partition coefficient (Wildman–Crippen LogP) is 3.67. The average molecular weight is 376 g/mol. The molecular weight excluding hydrogens is 356 g/mol. The first-order valence-corrected chi connectivity index (χ1v) is 9.15. The molecule has 0 fully saturated rings. The topological polar surface area (TPSA) is 89.9 Å². The number of fused-ring (bicyclic) bond motifs is 2. The standard InChI is InChI=1S/C21H20N4O3/c1-4-25-18-10-9-14(11-17(18)23-24-25)21(27)28-13(3)20(26)19-12(2)22-16-8-6-5-7-15(16)19/h5-11,13,22H,4H2,1-3H3/t13-/m0/s1. The lowest BCUT2D eigenvalue weighted by molar-refractivity contribution is 0.0319. The maximum absolute atomic E-state index is 12.9. The fourth-order valence-electron chi connectivity index (χ4n) is 3.41. The summed E-state index contributed by atoms with van der Waals surface area (Å²) in [7, 11) is 0. The normalized spacial score (nSPS) is 12.4. The van der Waals surface area contributed by atoms with Gasteiger partial charge in [0.25, 0.3) is 0 Å². The zero-order chi connectivity index (χ0) is 19.8. The van der Waals surface area contributed by atoms with Gasteiger partial charge in [-0.2, -0.15) is 0 Å². The number of hydrogen-bond donors (Lipinski definition) is 1. The number of nitrogens with zero attached hydrogens (tertiary/aromatic N) is 3. The molecule has 0 spiro atoms. The van der Waals surface area contributed by atoms with Gasteiger partial charge in [0.15, 0.2) is 6.10 Å². The number of aryl methyl sites for hydroxylation is 2. The molecule has 0 unspecified atom stereocenters. The van der Waals surface area contributed by atoms with Gasteiger partial charge in [-0.3, -0.25) is 4.79 Å². The molecule has 0 saturated carbocycles. The van der Waals surface area contributed by atoms with E-state index in [0.29, 0.717) is 23.2 Å². The number of esters is 1. The van der Waals surface area contributed by atoms with E-state index in [9.17, 15) is 9.59 Å². The van der Waals surface area contributed by atoms with E-state index in [1.54, 1.807) is 29.8 Å². The number of rotatable bonds is 5. The van der Waals surface area contributed by atoms with E-state index in [0.717, 1.165) is 22.1 Å². The number of aromatic nitrogens is 4. The Morgan fingerprint density at radius 3 is 2.79 bits per heavy atom. The van der Waals surface area contributed by atoms with Crippen molar-refractivity contribution in [3.8, 4) is 0 Å². The molecule has 1 atom stereocenters. The van der Waals surface area contributed by atoms with E-state index >= 15 is 0 Å². The molecule has 0 amide bonds. The minimum absolute atomic E-state index is 0.235. The minimum Gasteiger partial charge on any atom is -0.451 e. The Bertz CT molecular complexity index is 1210. The van der Waals surface area contributed by atoms with Crippen molar-refractivity contribution in [1.29, 1.82) is 0 Å². The monoisotopic (exact) mass is 376 g/mol. The van der Waals surface area contributed by atoms with Gasteiger partial charge in [-0.15, -0.1) is 5.10 Å². The molecule has 28 heavy (non-hydrogen) atoms. The van der Waals surface area contributed by atoms with Crippen LogP contribution in [0.25, 0.3) is 21.9 Å². The summed E-state index contributed by atoms with van der Waals surface area (Å²) < 4.78 is 7.20. The van der Waals surface area contributed by atoms with E-state index in [1.165, 1.54) is 0 Å². The van der Waals surface area contributed by atoms with Crippen molar-refractivity contribution in [1.82, 2.24) is 20.0 Å². The van der Waals surface area contributed by atoms with Gasteiger partial charge < -0.3 is 9.72 Å². The largest absolute Gasteiger partial charge is 0.451 e. The van der Waals surface area contributed by atoms with Crippen LogP contribution in [0.5, 0.6) is 0 Å². The van der Waals surface area contributed by atoms with Crippen molar-refractivity contribution in [2.75, 3.05) is 0 Å². The van der Waals surface area contributed by atoms with Gasteiger partial charge in [-0.25, -0.2) is 9.48 Å². The van der Waals surface area contributed by atoms with Crippen LogP contribution < -0.4 is 0 Å². The fourth-order valence-corrected chi connectivity index (χ4v) is 3.41. The number of carbonyl (C=O) groups is 2. The van der Waals surface area contributed by atoms with Crippen LogP contribution in [0.2, 0.25) is 0 Å². The van der Waals surface area contributed by atoms with Gasteiger partial charge in [0.05, 0.1) is 11.1 Å². The number of Topliss-reactive ketones (excluding diaryl/α,β-unsaturated/α-hetero) is 1. The molecule has 7 heteroatoms. The molecule has 0 bridgehead atoms. The number of H-pyrrole nitrogens is 1. The zero-order valence-electron chi connectivity index (χ0n) is 15.9. The van der Waals surface area contributed by atoms with Gasteiger partial charge in [0.1, 0.15) is 5.52 Å². The molecule has 4 aromatic rings. The molecule has 2 heterocycles. The number of ketones is 1. The van der Waals surface area contributed by atoms with Gasteiger partial charge >= 0.3 is 5.97 Å². The first-order valence-electron chi connectivity index (χ1n) is 9.15. The minimum atomic E-state index is -0.910. The molecule has 0 aliphatic heterocycles. The third-order valence-electron chi connectivity index (χ3n) is 4.84. The molecule has 2 aromatic heterocycles. The van der Waals surface area contributed by atoms with Crippen LogP contribution in [0.4, 0.5) is 0 Å². The van der Waals surface area contributed by atoms with Crippen LogP contribution in [-0.4, -0.2) is 37.8 Å². The van der Waals surface area contributed by atoms with E-state index in [2.05, 4.69) is 15.3 Å². The third-order valence-corrected chi connectivity index (χ3v) is 4.84. The van der Waals surface area contributed by atoms with Crippen molar-refractivity contribution < 1.29 is 14.3 Å². The van der Waals surface area contributed by atoms with Crippen LogP contribution in [0.3, 0.4) is 0 Å². The Labute approximate surface area is 161 Å². The molecule has 4 rings (SSSR count). The van der Waals surface area contributed by atoms with Gasteiger partial charge in [-0.1, -0.05) is 23.4 Å². The Morgan fingerprint density at radius 1 is 1.21 bits per heavy atom. The number of nitrogens with one attached hydrogen (secondary N) is 1. The summed E-state index contributed by atoms with van der Waals surface area (Å²) in [5.41, 5.74) is 3.99. The molecule has 1 N–H and O–H groups in total. The Kier molecular flexibility index (Phi) is 4.43. The van der Waals surface area contributed by atoms with E-state index in [4.69, 9.17) is 4.74 Å². The second-order valence-electron chi connectivity index (χ2n) is 6.69. The first kappa shape index (κ1) is 17.9. The number of carbonyl (C=O) groups excluding carboxylic acids is 2. The Morgan fingerprint density at radius 2 is 2.00 bits per heavy atom. The summed E-state index contributed by atoms with van der Waals surface area (Å²) in [4.78, 5) is 28.7. The second kappa shape index (κ2) is 6.92. The molecule has 7 nitrogen and oxygen atoms in total. The predicted molar refractivity (Wildman–Crippen MR) is 105 cm³/mol. The van der Waals surface area contributed by atoms with Gasteiger partial charge in [0.2, 0.25) is 5.78 Å². The number of aromatic amines is 1. The highest BCUT2D eigenvalue weighted by atomic mass is 16.5. The van der Waals surface area contributed by atoms with Crippen LogP contribution in [-0.2, 0) is 11.3 Å². The molecule has 0 aliphatic rings. The number of benzene rings is 2. The third kappa shape index (κ3) is 2.94. The Hall–Kier alpha value is -3.48. The highest BCUT2D eigenvalue weighted by Crippen LogP contribution is 2.24. The molecular formula is C21H20N4O3. The zero-order valence-corrected chi connectivity index (χ0v) is 15.9. The van der Waals surface area contributed by atoms with Gasteiger partial charge in [0, 0.05) is 28.7 Å². The first-order chi connectivity index (χ1) is 13.5. The van der Waals surface area contributed by atoms with E-state index in [-0.39, 0.29) is 5.78 Å². The molecule has 142 valence electrons. The van der Waals surface area contributed by atoms with E-state index < -0.39 is 12.1 Å². The Balaban J connectivity index is 1.57. The number of ether oxygens (including phenoxy) is 1. The molecule has 0 radical (unpaired) electrons. The SMILES string of the molecule is CCn1nnc2cc(C(=O)O[C@@H](C)C(=O)c3c(C)[nH]c4ccccc34)ccc21. The smallest absolute Gasteiger partial charge is 0.338 e. The molecule has 0 aliphatic carbocycles. The van der Waals surface area contributed by atoms with Crippen LogP contribution in [0.15, 0.2) is 42.5 Å². The van der Waals surface area contributed by atoms with Crippen molar-refractivity contribution >= 4 is 33.7 Å². The van der Waals surface area contributed by atoms with Crippen molar-refractivity contribution in [3.05, 3.63) is 59.3 Å². The fraction of sp³-hybridized carbons (Fsp3) is 0.238. The van der Waals surface area contributed by atoms with Crippen LogP contribution >= 0.6 is 0 Å². The highest BCUT2D eigenvalue weighted by molar-refractivity contribution is 6.11. The van der Waals surface area contributed by atoms with Crippen LogP contribution in [0.1, 0.15) is 40.3 Å². The second-order valence-corrected chi connectivity index (χ2v) is 6.69. The summed E-state index contributed by atoms with van der Waals surface area (Å²) in [5, 5.41) is 8.92. The van der Waals surface area contributed by atoms with E-state index in [1.807, 2.05) is 38.1 Å². The average Bonchev–Trinajstić information content (AvgIpc) is 3.26. The lowest BCUT2D eigenvalue weighted by Crippen LogP contribution is -2.24. The summed E-state index contributed by atoms with van der Waals surface area (Å²) in [6.07, 6.45) is -0.910. The summed E-state index contributed by atoms with van der Waals surface area (Å²) in [6.45, 7) is 6.09. The lowest BCUT2D eigenvalue weighted by Gasteiger charge is -2.12. The number of para-hydroxylation sites is 1.